The third-order valence-electron chi connectivity index (χ3n) is 4.27. The smallest absolute Gasteiger partial charge is 0.211 e. The van der Waals surface area contributed by atoms with Crippen molar-refractivity contribution in [2.75, 3.05) is 32.4 Å². The van der Waals surface area contributed by atoms with Crippen LogP contribution >= 0.6 is 22.9 Å². The van der Waals surface area contributed by atoms with Gasteiger partial charge in [0.1, 0.15) is 0 Å². The van der Waals surface area contributed by atoms with Crippen molar-refractivity contribution in [2.24, 2.45) is 0 Å². The molecule has 1 aliphatic rings. The van der Waals surface area contributed by atoms with Crippen LogP contribution < -0.4 is 0 Å². The Morgan fingerprint density at radius 3 is 2.64 bits per heavy atom. The summed E-state index contributed by atoms with van der Waals surface area (Å²) in [7, 11) is -3.10. The fraction of sp³-hybridized carbons (Fsp3) is 0.471. The van der Waals surface area contributed by atoms with E-state index in [2.05, 4.69) is 10.3 Å². The molecule has 0 bridgehead atoms. The van der Waals surface area contributed by atoms with Crippen LogP contribution in [0.25, 0.3) is 0 Å². The molecule has 0 radical (unpaired) electrons. The van der Waals surface area contributed by atoms with Crippen LogP contribution in [0.3, 0.4) is 0 Å². The van der Waals surface area contributed by atoms with E-state index in [0.29, 0.717) is 13.1 Å². The van der Waals surface area contributed by atoms with Crippen molar-refractivity contribution in [3.8, 4) is 0 Å². The number of benzene rings is 1. The van der Waals surface area contributed by atoms with Gasteiger partial charge in [0.05, 0.1) is 17.0 Å². The van der Waals surface area contributed by atoms with Gasteiger partial charge in [0.2, 0.25) is 10.0 Å². The third-order valence-corrected chi connectivity index (χ3v) is 6.72. The molecule has 0 unspecified atom stereocenters. The lowest BCUT2D eigenvalue weighted by Crippen LogP contribution is -2.34. The van der Waals surface area contributed by atoms with Gasteiger partial charge in [-0.15, -0.1) is 11.3 Å². The van der Waals surface area contributed by atoms with E-state index in [1.165, 1.54) is 11.8 Å². The normalized spacial score (nSPS) is 17.5. The van der Waals surface area contributed by atoms with Crippen molar-refractivity contribution < 1.29 is 8.42 Å². The molecule has 1 aromatic carbocycles. The number of hydrogen-bond donors (Lipinski definition) is 0. The highest BCUT2D eigenvalue weighted by Crippen LogP contribution is 2.18. The number of aromatic nitrogens is 1. The molecule has 0 atom stereocenters. The van der Waals surface area contributed by atoms with E-state index in [9.17, 15) is 8.42 Å². The molecule has 25 heavy (non-hydrogen) atoms. The minimum Gasteiger partial charge on any atom is -0.296 e. The van der Waals surface area contributed by atoms with Crippen LogP contribution in [0.1, 0.15) is 22.7 Å². The first-order chi connectivity index (χ1) is 11.9. The topological polar surface area (TPSA) is 53.5 Å². The Bertz CT molecular complexity index is 806. The molecule has 1 fully saturated rings. The first-order valence-corrected chi connectivity index (χ1v) is 11.4. The van der Waals surface area contributed by atoms with Gasteiger partial charge >= 0.3 is 0 Å². The Hall–Kier alpha value is -0.990. The van der Waals surface area contributed by atoms with Crippen molar-refractivity contribution in [1.29, 1.82) is 0 Å². The molecule has 2 heterocycles. The van der Waals surface area contributed by atoms with Gasteiger partial charge < -0.3 is 0 Å². The number of halogens is 1. The molecule has 0 spiro atoms. The van der Waals surface area contributed by atoms with E-state index >= 15 is 0 Å². The van der Waals surface area contributed by atoms with Crippen molar-refractivity contribution in [2.45, 2.75) is 19.4 Å². The lowest BCUT2D eigenvalue weighted by molar-refractivity contribution is 0.276. The monoisotopic (exact) mass is 399 g/mol. The first kappa shape index (κ1) is 18.8. The lowest BCUT2D eigenvalue weighted by Gasteiger charge is -2.19. The van der Waals surface area contributed by atoms with Gasteiger partial charge in [0.15, 0.2) is 0 Å². The zero-order valence-corrected chi connectivity index (χ0v) is 16.6. The molecule has 136 valence electrons. The van der Waals surface area contributed by atoms with E-state index in [0.717, 1.165) is 48.2 Å². The maximum absolute atomic E-state index is 11.7. The Morgan fingerprint density at radius 2 is 1.92 bits per heavy atom. The Morgan fingerprint density at radius 1 is 1.16 bits per heavy atom. The summed E-state index contributed by atoms with van der Waals surface area (Å²) in [5.41, 5.74) is 2.26. The van der Waals surface area contributed by atoms with Gasteiger partial charge in [-0.2, -0.15) is 0 Å². The molecule has 1 aliphatic heterocycles. The molecule has 0 amide bonds. The van der Waals surface area contributed by atoms with Crippen LogP contribution in [0.5, 0.6) is 0 Å². The number of rotatable bonds is 5. The molecular formula is C17H22ClN3O2S2. The van der Waals surface area contributed by atoms with Gasteiger partial charge in [-0.1, -0.05) is 23.7 Å². The largest absolute Gasteiger partial charge is 0.296 e. The standard InChI is InChI=1S/C17H22ClN3O2S2/c1-25(22,23)21-8-2-7-20(9-10-21)12-16-13-24-17(19-16)11-14-3-5-15(18)6-4-14/h3-6,13H,2,7-12H2,1H3. The highest BCUT2D eigenvalue weighted by atomic mass is 35.5. The second-order valence-electron chi connectivity index (χ2n) is 6.33. The number of sulfonamides is 1. The van der Waals surface area contributed by atoms with Crippen LogP contribution in [0.4, 0.5) is 0 Å². The predicted molar refractivity (Wildman–Crippen MR) is 103 cm³/mol. The minimum absolute atomic E-state index is 0.556. The zero-order valence-electron chi connectivity index (χ0n) is 14.2. The van der Waals surface area contributed by atoms with E-state index in [1.807, 2.05) is 24.3 Å². The average Bonchev–Trinajstić information content (AvgIpc) is 2.83. The molecule has 3 rings (SSSR count). The van der Waals surface area contributed by atoms with E-state index < -0.39 is 10.0 Å². The maximum Gasteiger partial charge on any atom is 0.211 e. The number of nitrogens with zero attached hydrogens (tertiary/aromatic N) is 3. The van der Waals surface area contributed by atoms with Crippen LogP contribution in [0, 0.1) is 0 Å². The number of hydrogen-bond acceptors (Lipinski definition) is 5. The van der Waals surface area contributed by atoms with Crippen molar-refractivity contribution in [3.63, 3.8) is 0 Å². The lowest BCUT2D eigenvalue weighted by atomic mass is 10.2. The summed E-state index contributed by atoms with van der Waals surface area (Å²) in [6.45, 7) is 3.58. The number of thiazole rings is 1. The summed E-state index contributed by atoms with van der Waals surface area (Å²) < 4.78 is 25.0. The van der Waals surface area contributed by atoms with E-state index in [1.54, 1.807) is 15.6 Å². The molecule has 8 heteroatoms. The predicted octanol–water partition coefficient (Wildman–Crippen LogP) is 2.85. The van der Waals surface area contributed by atoms with E-state index in [4.69, 9.17) is 16.6 Å². The highest BCUT2D eigenvalue weighted by Gasteiger charge is 2.21. The molecule has 0 N–H and O–H groups in total. The first-order valence-electron chi connectivity index (χ1n) is 8.25. The molecule has 5 nitrogen and oxygen atoms in total. The maximum atomic E-state index is 11.7. The van der Waals surface area contributed by atoms with Crippen molar-refractivity contribution in [3.05, 3.63) is 50.9 Å². The molecule has 1 saturated heterocycles. The Labute approximate surface area is 158 Å². The molecule has 1 aromatic heterocycles. The SMILES string of the molecule is CS(=O)(=O)N1CCCN(Cc2csc(Cc3ccc(Cl)cc3)n2)CC1. The van der Waals surface area contributed by atoms with Gasteiger partial charge in [-0.25, -0.2) is 17.7 Å². The summed E-state index contributed by atoms with van der Waals surface area (Å²) >= 11 is 7.59. The Balaban J connectivity index is 1.57. The van der Waals surface area contributed by atoms with Crippen LogP contribution in [0.15, 0.2) is 29.6 Å². The van der Waals surface area contributed by atoms with Crippen molar-refractivity contribution >= 4 is 33.0 Å². The molecule has 0 saturated carbocycles. The molecule has 2 aromatic rings. The summed E-state index contributed by atoms with van der Waals surface area (Å²) in [6, 6.07) is 7.85. The third kappa shape index (κ3) is 5.49. The summed E-state index contributed by atoms with van der Waals surface area (Å²) in [4.78, 5) is 7.02. The highest BCUT2D eigenvalue weighted by molar-refractivity contribution is 7.88. The zero-order chi connectivity index (χ0) is 17.9. The fourth-order valence-electron chi connectivity index (χ4n) is 2.95. The second kappa shape index (κ2) is 8.14. The summed E-state index contributed by atoms with van der Waals surface area (Å²) in [5.74, 6) is 0. The summed E-state index contributed by atoms with van der Waals surface area (Å²) in [6.07, 6.45) is 2.95. The molecular weight excluding hydrogens is 378 g/mol. The average molecular weight is 400 g/mol. The quantitative estimate of drug-likeness (QED) is 0.775. The second-order valence-corrected chi connectivity index (χ2v) is 9.69. The van der Waals surface area contributed by atoms with Gasteiger partial charge in [-0.3, -0.25) is 4.90 Å². The molecule has 0 aliphatic carbocycles. The van der Waals surface area contributed by atoms with Gasteiger partial charge in [0.25, 0.3) is 0 Å². The van der Waals surface area contributed by atoms with Crippen LogP contribution in [-0.4, -0.2) is 55.0 Å². The Kier molecular flexibility index (Phi) is 6.12. The van der Waals surface area contributed by atoms with Crippen LogP contribution in [-0.2, 0) is 23.0 Å². The minimum atomic E-state index is -3.10. The van der Waals surface area contributed by atoms with E-state index in [-0.39, 0.29) is 0 Å². The van der Waals surface area contributed by atoms with Gasteiger partial charge in [-0.05, 0) is 30.7 Å². The van der Waals surface area contributed by atoms with Crippen molar-refractivity contribution in [1.82, 2.24) is 14.2 Å². The van der Waals surface area contributed by atoms with Crippen LogP contribution in [0.2, 0.25) is 5.02 Å². The summed E-state index contributed by atoms with van der Waals surface area (Å²) in [5, 5.41) is 3.93. The fourth-order valence-corrected chi connectivity index (χ4v) is 4.77. The van der Waals surface area contributed by atoms with Gasteiger partial charge in [0, 0.05) is 43.0 Å².